The quantitative estimate of drug-likeness (QED) is 0.594. The molecule has 3 rings (SSSR count). The molecule has 0 radical (unpaired) electrons. The average molecular weight is 398 g/mol. The Bertz CT molecular complexity index is 944. The van der Waals surface area contributed by atoms with Crippen LogP contribution in [-0.2, 0) is 19.1 Å². The monoisotopic (exact) mass is 398 g/mol. The summed E-state index contributed by atoms with van der Waals surface area (Å²) >= 11 is 1.42. The summed E-state index contributed by atoms with van der Waals surface area (Å²) in [7, 11) is 0. The second-order valence-electron chi connectivity index (χ2n) is 6.08. The lowest BCUT2D eigenvalue weighted by molar-refractivity contribution is -0.146. The van der Waals surface area contributed by atoms with Crippen molar-refractivity contribution in [2.24, 2.45) is 0 Å². The third-order valence-corrected chi connectivity index (χ3v) is 5.06. The van der Waals surface area contributed by atoms with Gasteiger partial charge in [-0.1, -0.05) is 24.3 Å². The van der Waals surface area contributed by atoms with Crippen molar-refractivity contribution in [2.45, 2.75) is 11.8 Å². The van der Waals surface area contributed by atoms with Crippen LogP contribution in [0.3, 0.4) is 0 Å². The maximum absolute atomic E-state index is 12.1. The van der Waals surface area contributed by atoms with Crippen molar-refractivity contribution in [3.63, 3.8) is 0 Å². The molecule has 0 fully saturated rings. The van der Waals surface area contributed by atoms with E-state index in [9.17, 15) is 19.2 Å². The Hall–Kier alpha value is -3.13. The summed E-state index contributed by atoms with van der Waals surface area (Å²) in [6.07, 6.45) is 0. The molecule has 0 saturated heterocycles. The summed E-state index contributed by atoms with van der Waals surface area (Å²) in [5, 5.41) is 2.57. The van der Waals surface area contributed by atoms with Crippen LogP contribution in [0, 0.1) is 0 Å². The van der Waals surface area contributed by atoms with Gasteiger partial charge in [0.15, 0.2) is 12.4 Å². The molecule has 0 aromatic heterocycles. The highest BCUT2D eigenvalue weighted by Crippen LogP contribution is 2.34. The minimum absolute atomic E-state index is 0.118. The van der Waals surface area contributed by atoms with Crippen LogP contribution >= 0.6 is 11.8 Å². The van der Waals surface area contributed by atoms with Crippen LogP contribution < -0.4 is 10.2 Å². The van der Waals surface area contributed by atoms with E-state index >= 15 is 0 Å². The number of rotatable bonds is 6. The second-order valence-corrected chi connectivity index (χ2v) is 7.10. The molecule has 1 aliphatic heterocycles. The third kappa shape index (κ3) is 4.77. The number of nitrogens with zero attached hydrogens (tertiary/aromatic N) is 1. The molecule has 1 aliphatic rings. The van der Waals surface area contributed by atoms with Crippen molar-refractivity contribution in [3.05, 3.63) is 54.1 Å². The van der Waals surface area contributed by atoms with Gasteiger partial charge in [0, 0.05) is 16.1 Å². The van der Waals surface area contributed by atoms with Crippen LogP contribution in [0.25, 0.3) is 0 Å². The predicted molar refractivity (Wildman–Crippen MR) is 106 cm³/mol. The topological polar surface area (TPSA) is 92.8 Å². The van der Waals surface area contributed by atoms with Crippen LogP contribution in [0.2, 0.25) is 0 Å². The summed E-state index contributed by atoms with van der Waals surface area (Å²) < 4.78 is 5.00. The lowest BCUT2D eigenvalue weighted by Gasteiger charge is -2.27. The maximum atomic E-state index is 12.1. The number of carbonyl (C=O) groups excluding carboxylic acids is 4. The highest BCUT2D eigenvalue weighted by molar-refractivity contribution is 8.00. The van der Waals surface area contributed by atoms with E-state index in [-0.39, 0.29) is 24.0 Å². The number of fused-ring (bicyclic) bond motifs is 1. The first-order valence-corrected chi connectivity index (χ1v) is 9.51. The average Bonchev–Trinajstić information content (AvgIpc) is 2.69. The van der Waals surface area contributed by atoms with Crippen molar-refractivity contribution < 1.29 is 23.9 Å². The van der Waals surface area contributed by atoms with E-state index in [1.54, 1.807) is 36.4 Å². The molecule has 0 unspecified atom stereocenters. The fourth-order valence-electron chi connectivity index (χ4n) is 2.66. The first-order valence-electron chi connectivity index (χ1n) is 8.52. The molecule has 2 aromatic carbocycles. The van der Waals surface area contributed by atoms with Gasteiger partial charge in [0.1, 0.15) is 6.54 Å². The normalized spacial score (nSPS) is 12.9. The van der Waals surface area contributed by atoms with Gasteiger partial charge in [-0.2, -0.15) is 0 Å². The number of amides is 2. The number of esters is 1. The Balaban J connectivity index is 1.54. The van der Waals surface area contributed by atoms with E-state index in [0.29, 0.717) is 16.9 Å². The van der Waals surface area contributed by atoms with Crippen molar-refractivity contribution in [2.75, 3.05) is 29.1 Å². The van der Waals surface area contributed by atoms with E-state index in [1.165, 1.54) is 23.6 Å². The lowest BCUT2D eigenvalue weighted by Crippen LogP contribution is -2.40. The molecule has 0 atom stereocenters. The van der Waals surface area contributed by atoms with Crippen LogP contribution in [-0.4, -0.2) is 42.5 Å². The number of ketones is 1. The van der Waals surface area contributed by atoms with Crippen molar-refractivity contribution in [3.8, 4) is 0 Å². The van der Waals surface area contributed by atoms with E-state index in [4.69, 9.17) is 4.74 Å². The van der Waals surface area contributed by atoms with Gasteiger partial charge in [-0.25, -0.2) is 0 Å². The number of Topliss-reactive ketones (excluding diaryl/α,β-unsaturated/α-hetero) is 1. The molecule has 0 bridgehead atoms. The standard InChI is InChI=1S/C20H18N2O5S/c1-13(23)14-5-4-6-15(9-14)21-18(24)11-27-20(26)10-22-16-7-2-3-8-17(16)28-12-19(22)25/h2-9H,10-12H2,1H3,(H,21,24). The number of hydrogen-bond donors (Lipinski definition) is 1. The summed E-state index contributed by atoms with van der Waals surface area (Å²) in [6.45, 7) is 0.687. The number of ether oxygens (including phenoxy) is 1. The van der Waals surface area contributed by atoms with Gasteiger partial charge >= 0.3 is 5.97 Å². The highest BCUT2D eigenvalue weighted by atomic mass is 32.2. The zero-order valence-electron chi connectivity index (χ0n) is 15.1. The largest absolute Gasteiger partial charge is 0.454 e. The van der Waals surface area contributed by atoms with E-state index < -0.39 is 18.5 Å². The molecule has 0 aliphatic carbocycles. The first kappa shape index (κ1) is 19.6. The van der Waals surface area contributed by atoms with Gasteiger partial charge in [0.05, 0.1) is 11.4 Å². The summed E-state index contributed by atoms with van der Waals surface area (Å²) in [6, 6.07) is 13.8. The number of benzene rings is 2. The molecule has 0 saturated carbocycles. The van der Waals surface area contributed by atoms with E-state index in [0.717, 1.165) is 4.90 Å². The molecule has 2 aromatic rings. The van der Waals surface area contributed by atoms with Crippen LogP contribution in [0.1, 0.15) is 17.3 Å². The van der Waals surface area contributed by atoms with Gasteiger partial charge in [-0.15, -0.1) is 11.8 Å². The third-order valence-electron chi connectivity index (χ3n) is 4.01. The number of thioether (sulfide) groups is 1. The number of carbonyl (C=O) groups is 4. The van der Waals surface area contributed by atoms with Crippen molar-refractivity contribution in [1.82, 2.24) is 0 Å². The van der Waals surface area contributed by atoms with E-state index in [1.807, 2.05) is 12.1 Å². The summed E-state index contributed by atoms with van der Waals surface area (Å²) in [5.41, 5.74) is 1.56. The first-order chi connectivity index (χ1) is 13.4. The van der Waals surface area contributed by atoms with Crippen molar-refractivity contribution in [1.29, 1.82) is 0 Å². The number of nitrogens with one attached hydrogen (secondary N) is 1. The molecule has 1 N–H and O–H groups in total. The second kappa shape index (κ2) is 8.71. The Morgan fingerprint density at radius 1 is 1.14 bits per heavy atom. The number of anilines is 2. The molecule has 8 heteroatoms. The summed E-state index contributed by atoms with van der Waals surface area (Å²) in [5.74, 6) is -1.27. The van der Waals surface area contributed by atoms with Crippen LogP contribution in [0.15, 0.2) is 53.4 Å². The Morgan fingerprint density at radius 2 is 1.93 bits per heavy atom. The molecule has 7 nitrogen and oxygen atoms in total. The number of hydrogen-bond acceptors (Lipinski definition) is 6. The molecule has 0 spiro atoms. The van der Waals surface area contributed by atoms with Crippen LogP contribution in [0.4, 0.5) is 11.4 Å². The Labute approximate surface area is 166 Å². The fourth-order valence-corrected chi connectivity index (χ4v) is 3.60. The SMILES string of the molecule is CC(=O)c1cccc(NC(=O)COC(=O)CN2C(=O)CSc3ccccc32)c1. The molecule has 28 heavy (non-hydrogen) atoms. The van der Waals surface area contributed by atoms with Gasteiger partial charge in [0.2, 0.25) is 5.91 Å². The zero-order chi connectivity index (χ0) is 20.1. The van der Waals surface area contributed by atoms with Crippen molar-refractivity contribution >= 4 is 46.7 Å². The zero-order valence-corrected chi connectivity index (χ0v) is 16.0. The van der Waals surface area contributed by atoms with Gasteiger partial charge in [-0.05, 0) is 31.2 Å². The van der Waals surface area contributed by atoms with Gasteiger partial charge < -0.3 is 10.1 Å². The smallest absolute Gasteiger partial charge is 0.326 e. The summed E-state index contributed by atoms with van der Waals surface area (Å²) in [4.78, 5) is 49.9. The molecule has 144 valence electrons. The maximum Gasteiger partial charge on any atom is 0.326 e. The van der Waals surface area contributed by atoms with Gasteiger partial charge in [0.25, 0.3) is 5.91 Å². The Morgan fingerprint density at radius 3 is 2.71 bits per heavy atom. The molecule has 1 heterocycles. The molecular formula is C20H18N2O5S. The highest BCUT2D eigenvalue weighted by Gasteiger charge is 2.26. The number of para-hydroxylation sites is 1. The molecular weight excluding hydrogens is 380 g/mol. The minimum Gasteiger partial charge on any atom is -0.454 e. The van der Waals surface area contributed by atoms with Gasteiger partial charge in [-0.3, -0.25) is 24.1 Å². The minimum atomic E-state index is -0.678. The fraction of sp³-hybridized carbons (Fsp3) is 0.200. The van der Waals surface area contributed by atoms with E-state index in [2.05, 4.69) is 5.32 Å². The van der Waals surface area contributed by atoms with Crippen LogP contribution in [0.5, 0.6) is 0 Å². The molecule has 2 amide bonds. The Kier molecular flexibility index (Phi) is 6.10. The predicted octanol–water partition coefficient (Wildman–Crippen LogP) is 2.51. The lowest BCUT2D eigenvalue weighted by atomic mass is 10.1.